The van der Waals surface area contributed by atoms with Gasteiger partial charge in [-0.25, -0.2) is 4.68 Å². The van der Waals surface area contributed by atoms with Crippen molar-refractivity contribution in [2.24, 2.45) is 5.73 Å². The molecule has 14 heavy (non-hydrogen) atoms. The predicted octanol–water partition coefficient (Wildman–Crippen LogP) is -0.106. The Labute approximate surface area is 79.6 Å². The summed E-state index contributed by atoms with van der Waals surface area (Å²) in [4.78, 5) is 8.36. The van der Waals surface area contributed by atoms with Gasteiger partial charge in [0.05, 0.1) is 5.69 Å². The lowest BCUT2D eigenvalue weighted by Gasteiger charge is -1.92. The van der Waals surface area contributed by atoms with Crippen molar-refractivity contribution in [3.05, 3.63) is 27.6 Å². The van der Waals surface area contributed by atoms with Crippen LogP contribution in [-0.2, 0) is 0 Å². The lowest BCUT2D eigenvalue weighted by molar-refractivity contribution is -0.742. The van der Waals surface area contributed by atoms with E-state index in [1.54, 1.807) is 6.20 Å². The standard InChI is InChI=1S/C6H10N4.HNO3/c1-4-3-10(6(7)8)9-5(4)2;2-1(3)4/h3H,1-2H3,(H3,7,8);(H,2,3,4). The van der Waals surface area contributed by atoms with Gasteiger partial charge in [0.2, 0.25) is 5.96 Å². The first kappa shape index (κ1) is 11.9. The average Bonchev–Trinajstić information content (AvgIpc) is 2.31. The van der Waals surface area contributed by atoms with Crippen LogP contribution in [0.15, 0.2) is 6.20 Å². The van der Waals surface area contributed by atoms with Crippen molar-refractivity contribution < 1.29 is 10.3 Å². The fraction of sp³-hybridized carbons (Fsp3) is 0.333. The molecule has 0 bridgehead atoms. The summed E-state index contributed by atoms with van der Waals surface area (Å²) >= 11 is 0. The van der Waals surface area contributed by atoms with Crippen molar-refractivity contribution in [2.45, 2.75) is 13.8 Å². The second kappa shape index (κ2) is 4.80. The lowest BCUT2D eigenvalue weighted by atomic mass is 10.3. The second-order valence-corrected chi connectivity index (χ2v) is 2.47. The number of aryl methyl sites for hydroxylation is 2. The van der Waals surface area contributed by atoms with Crippen LogP contribution >= 0.6 is 0 Å². The monoisotopic (exact) mass is 201 g/mol. The molecule has 4 N–H and O–H groups in total. The van der Waals surface area contributed by atoms with Crippen molar-refractivity contribution in [2.75, 3.05) is 0 Å². The summed E-state index contributed by atoms with van der Waals surface area (Å²) in [5.41, 5.74) is 7.14. The topological polar surface area (TPSA) is 131 Å². The molecule has 1 aromatic rings. The van der Waals surface area contributed by atoms with Gasteiger partial charge in [-0.1, -0.05) is 0 Å². The quantitative estimate of drug-likeness (QED) is 0.233. The molecule has 0 radical (unpaired) electrons. The van der Waals surface area contributed by atoms with E-state index in [1.165, 1.54) is 4.68 Å². The molecule has 0 unspecified atom stereocenters. The van der Waals surface area contributed by atoms with Crippen LogP contribution in [0.4, 0.5) is 0 Å². The SMILES string of the molecule is Cc1cn(C(=N)N)nc1C.O=[N+]([O-])O. The first-order valence-corrected chi connectivity index (χ1v) is 3.55. The third kappa shape index (κ3) is 4.04. The zero-order chi connectivity index (χ0) is 11.3. The smallest absolute Gasteiger partial charge is 0.291 e. The molecule has 1 heterocycles. The zero-order valence-electron chi connectivity index (χ0n) is 7.76. The molecule has 8 nitrogen and oxygen atoms in total. The van der Waals surface area contributed by atoms with E-state index in [0.29, 0.717) is 0 Å². The Morgan fingerprint density at radius 1 is 1.79 bits per heavy atom. The highest BCUT2D eigenvalue weighted by molar-refractivity contribution is 5.76. The molecular weight excluding hydrogens is 190 g/mol. The third-order valence-corrected chi connectivity index (χ3v) is 1.39. The van der Waals surface area contributed by atoms with Gasteiger partial charge in [0.1, 0.15) is 0 Å². The van der Waals surface area contributed by atoms with Crippen LogP contribution in [0, 0.1) is 29.4 Å². The van der Waals surface area contributed by atoms with E-state index in [4.69, 9.17) is 26.5 Å². The van der Waals surface area contributed by atoms with Gasteiger partial charge in [0.15, 0.2) is 0 Å². The maximum atomic E-state index is 8.36. The molecule has 0 spiro atoms. The van der Waals surface area contributed by atoms with Crippen LogP contribution in [0.1, 0.15) is 11.3 Å². The molecule has 0 atom stereocenters. The van der Waals surface area contributed by atoms with Gasteiger partial charge >= 0.3 is 0 Å². The van der Waals surface area contributed by atoms with Gasteiger partial charge in [-0.15, -0.1) is 10.1 Å². The normalized spacial score (nSPS) is 8.71. The molecule has 8 heteroatoms. The van der Waals surface area contributed by atoms with Crippen LogP contribution in [0.2, 0.25) is 0 Å². The molecule has 78 valence electrons. The van der Waals surface area contributed by atoms with E-state index in [1.807, 2.05) is 13.8 Å². The van der Waals surface area contributed by atoms with Crippen molar-refractivity contribution in [3.8, 4) is 0 Å². The largest absolute Gasteiger partial charge is 0.368 e. The van der Waals surface area contributed by atoms with E-state index >= 15 is 0 Å². The Bertz CT molecular complexity index is 322. The highest BCUT2D eigenvalue weighted by atomic mass is 16.9. The Morgan fingerprint density at radius 2 is 2.21 bits per heavy atom. The van der Waals surface area contributed by atoms with Crippen LogP contribution in [0.5, 0.6) is 0 Å². The fourth-order valence-electron chi connectivity index (χ4n) is 0.670. The summed E-state index contributed by atoms with van der Waals surface area (Å²) < 4.78 is 1.35. The highest BCUT2D eigenvalue weighted by Crippen LogP contribution is 2.00. The van der Waals surface area contributed by atoms with E-state index in [-0.39, 0.29) is 5.96 Å². The van der Waals surface area contributed by atoms with Crippen LogP contribution in [0.3, 0.4) is 0 Å². The number of nitrogens with two attached hydrogens (primary N) is 1. The lowest BCUT2D eigenvalue weighted by Crippen LogP contribution is -2.20. The molecule has 0 aliphatic heterocycles. The summed E-state index contributed by atoms with van der Waals surface area (Å²) in [6.07, 6.45) is 1.73. The Kier molecular flexibility index (Phi) is 4.07. The number of nitrogens with one attached hydrogen (secondary N) is 1. The van der Waals surface area contributed by atoms with E-state index in [0.717, 1.165) is 11.3 Å². The summed E-state index contributed by atoms with van der Waals surface area (Å²) in [6.45, 7) is 3.82. The Hall–Kier alpha value is -2.12. The Balaban J connectivity index is 0.000000364. The number of hydrogen-bond donors (Lipinski definition) is 3. The number of nitrogens with zero attached hydrogens (tertiary/aromatic N) is 3. The average molecular weight is 201 g/mol. The summed E-state index contributed by atoms with van der Waals surface area (Å²) in [5, 5.41) is 24.6. The van der Waals surface area contributed by atoms with Crippen molar-refractivity contribution in [1.82, 2.24) is 9.78 Å². The molecule has 1 rings (SSSR count). The van der Waals surface area contributed by atoms with Crippen molar-refractivity contribution in [1.29, 1.82) is 5.41 Å². The molecule has 0 saturated carbocycles. The maximum Gasteiger partial charge on any atom is 0.291 e. The summed E-state index contributed by atoms with van der Waals surface area (Å²) in [6, 6.07) is 0. The van der Waals surface area contributed by atoms with Crippen LogP contribution in [0.25, 0.3) is 0 Å². The molecule has 0 aromatic carbocycles. The van der Waals surface area contributed by atoms with Gasteiger partial charge < -0.3 is 10.9 Å². The summed E-state index contributed by atoms with van der Waals surface area (Å²) in [5.74, 6) is -0.0452. The second-order valence-electron chi connectivity index (χ2n) is 2.47. The van der Waals surface area contributed by atoms with E-state index in [9.17, 15) is 0 Å². The third-order valence-electron chi connectivity index (χ3n) is 1.39. The first-order valence-electron chi connectivity index (χ1n) is 3.55. The molecular formula is C6H11N5O3. The van der Waals surface area contributed by atoms with Gasteiger partial charge in [-0.2, -0.15) is 5.10 Å². The van der Waals surface area contributed by atoms with Crippen LogP contribution < -0.4 is 5.73 Å². The fourth-order valence-corrected chi connectivity index (χ4v) is 0.670. The summed E-state index contributed by atoms with van der Waals surface area (Å²) in [7, 11) is 0. The predicted molar refractivity (Wildman–Crippen MR) is 47.8 cm³/mol. The minimum absolute atomic E-state index is 0.0452. The number of hydrogen-bond acceptors (Lipinski definition) is 4. The molecule has 0 fully saturated rings. The Morgan fingerprint density at radius 3 is 2.36 bits per heavy atom. The number of rotatable bonds is 0. The maximum absolute atomic E-state index is 8.36. The van der Waals surface area contributed by atoms with Gasteiger partial charge in [-0.3, -0.25) is 5.41 Å². The van der Waals surface area contributed by atoms with Crippen molar-refractivity contribution in [3.63, 3.8) is 0 Å². The minimum atomic E-state index is -1.50. The van der Waals surface area contributed by atoms with Crippen LogP contribution in [-0.4, -0.2) is 26.0 Å². The number of aromatic nitrogens is 2. The molecule has 0 amide bonds. The van der Waals surface area contributed by atoms with Gasteiger partial charge in [0, 0.05) is 6.20 Å². The zero-order valence-corrected chi connectivity index (χ0v) is 7.76. The van der Waals surface area contributed by atoms with E-state index in [2.05, 4.69) is 5.10 Å². The number of nitrogen functional groups attached to an aromatic ring is 1. The molecule has 0 aliphatic rings. The van der Waals surface area contributed by atoms with Crippen molar-refractivity contribution >= 4 is 5.96 Å². The minimum Gasteiger partial charge on any atom is -0.368 e. The van der Waals surface area contributed by atoms with Gasteiger partial charge in [-0.05, 0) is 19.4 Å². The van der Waals surface area contributed by atoms with E-state index < -0.39 is 5.09 Å². The van der Waals surface area contributed by atoms with Gasteiger partial charge in [0.25, 0.3) is 5.09 Å². The highest BCUT2D eigenvalue weighted by Gasteiger charge is 1.99. The molecule has 0 aliphatic carbocycles. The first-order chi connectivity index (χ1) is 6.34. The molecule has 1 aromatic heterocycles. The molecule has 0 saturated heterocycles.